The molecule has 2 aliphatic heterocycles. The Kier molecular flexibility index (Phi) is 7.47. The number of carbonyl (C=O) groups excluding carboxylic acids is 3. The number of amides is 3. The summed E-state index contributed by atoms with van der Waals surface area (Å²) in [6, 6.07) is 13.5. The number of ether oxygens (including phenoxy) is 1. The minimum absolute atomic E-state index is 0.00854. The van der Waals surface area contributed by atoms with Crippen LogP contribution in [0.5, 0.6) is 5.75 Å². The Bertz CT molecular complexity index is 1020. The normalized spacial score (nSPS) is 18.7. The molecule has 0 spiro atoms. The molecule has 8 nitrogen and oxygen atoms in total. The number of hydrogen-bond donors (Lipinski definition) is 2. The van der Waals surface area contributed by atoms with Gasteiger partial charge >= 0.3 is 0 Å². The molecule has 2 aromatic rings. The predicted octanol–water partition coefficient (Wildman–Crippen LogP) is 2.39. The van der Waals surface area contributed by atoms with Crippen molar-refractivity contribution in [1.82, 2.24) is 15.1 Å². The van der Waals surface area contributed by atoms with Gasteiger partial charge in [-0.05, 0) is 30.7 Å². The van der Waals surface area contributed by atoms with E-state index in [2.05, 4.69) is 15.5 Å². The minimum atomic E-state index is -0.739. The van der Waals surface area contributed by atoms with Crippen LogP contribution in [0.2, 0.25) is 5.02 Å². The van der Waals surface area contributed by atoms with Crippen LogP contribution in [0.25, 0.3) is 0 Å². The lowest BCUT2D eigenvalue weighted by atomic mass is 10.1. The van der Waals surface area contributed by atoms with E-state index in [9.17, 15) is 14.4 Å². The Morgan fingerprint density at radius 3 is 2.55 bits per heavy atom. The SMILES string of the molecule is O=C1N[C@H](CCC(=O)N2CCN(CCOc3ccccc3Cl)CC2)C(=O)Nc2ccccc21. The molecule has 2 aliphatic rings. The summed E-state index contributed by atoms with van der Waals surface area (Å²) in [7, 11) is 0. The van der Waals surface area contributed by atoms with Gasteiger partial charge in [-0.15, -0.1) is 0 Å². The molecule has 33 heavy (non-hydrogen) atoms. The third-order valence-corrected chi connectivity index (χ3v) is 6.24. The van der Waals surface area contributed by atoms with Crippen LogP contribution < -0.4 is 15.4 Å². The Labute approximate surface area is 197 Å². The summed E-state index contributed by atoms with van der Waals surface area (Å²) in [6.07, 6.45) is 0.459. The molecule has 9 heteroatoms. The molecule has 2 heterocycles. The largest absolute Gasteiger partial charge is 0.491 e. The van der Waals surface area contributed by atoms with E-state index in [1.807, 2.05) is 23.1 Å². The van der Waals surface area contributed by atoms with Crippen LogP contribution in [-0.4, -0.2) is 72.9 Å². The van der Waals surface area contributed by atoms with Crippen molar-refractivity contribution in [3.05, 3.63) is 59.1 Å². The molecule has 1 saturated heterocycles. The van der Waals surface area contributed by atoms with Gasteiger partial charge in [-0.2, -0.15) is 0 Å². The number of rotatable bonds is 7. The summed E-state index contributed by atoms with van der Waals surface area (Å²) in [5, 5.41) is 6.10. The summed E-state index contributed by atoms with van der Waals surface area (Å²) >= 11 is 6.10. The number of piperazine rings is 1. The minimum Gasteiger partial charge on any atom is -0.491 e. The first-order valence-electron chi connectivity index (χ1n) is 11.1. The number of anilines is 1. The number of hydrogen-bond acceptors (Lipinski definition) is 5. The van der Waals surface area contributed by atoms with Crippen LogP contribution >= 0.6 is 11.6 Å². The maximum Gasteiger partial charge on any atom is 0.254 e. The third-order valence-electron chi connectivity index (χ3n) is 5.92. The van der Waals surface area contributed by atoms with Crippen molar-refractivity contribution in [1.29, 1.82) is 0 Å². The van der Waals surface area contributed by atoms with E-state index in [0.717, 1.165) is 19.6 Å². The standard InChI is InChI=1S/C24H27ClN4O4/c25-18-6-2-4-8-21(18)33-16-15-28-11-13-29(14-12-28)22(30)10-9-20-24(32)26-19-7-3-1-5-17(19)23(31)27-20/h1-8,20H,9-16H2,(H,26,32)(H,27,31)/t20-/m1/s1. The second-order valence-electron chi connectivity index (χ2n) is 8.10. The number of benzene rings is 2. The molecule has 0 unspecified atom stereocenters. The lowest BCUT2D eigenvalue weighted by molar-refractivity contribution is -0.133. The molecule has 2 N–H and O–H groups in total. The summed E-state index contributed by atoms with van der Waals surface area (Å²) in [4.78, 5) is 41.7. The van der Waals surface area contributed by atoms with E-state index >= 15 is 0 Å². The lowest BCUT2D eigenvalue weighted by Crippen LogP contribution is -2.50. The van der Waals surface area contributed by atoms with Crippen LogP contribution in [0.15, 0.2) is 48.5 Å². The van der Waals surface area contributed by atoms with Crippen LogP contribution in [-0.2, 0) is 9.59 Å². The fraction of sp³-hybridized carbons (Fsp3) is 0.375. The highest BCUT2D eigenvalue weighted by Gasteiger charge is 2.29. The van der Waals surface area contributed by atoms with Gasteiger partial charge in [0.25, 0.3) is 5.91 Å². The predicted molar refractivity (Wildman–Crippen MR) is 126 cm³/mol. The second kappa shape index (κ2) is 10.7. The van der Waals surface area contributed by atoms with Crippen molar-refractivity contribution in [2.75, 3.05) is 44.6 Å². The first-order chi connectivity index (χ1) is 16.0. The van der Waals surface area contributed by atoms with Crippen molar-refractivity contribution < 1.29 is 19.1 Å². The summed E-state index contributed by atoms with van der Waals surface area (Å²) in [6.45, 7) is 4.04. The van der Waals surface area contributed by atoms with Gasteiger partial charge in [-0.1, -0.05) is 35.9 Å². The van der Waals surface area contributed by atoms with Gasteiger partial charge in [-0.3, -0.25) is 19.3 Å². The van der Waals surface area contributed by atoms with E-state index in [1.165, 1.54) is 0 Å². The molecule has 2 aromatic carbocycles. The van der Waals surface area contributed by atoms with Crippen molar-refractivity contribution in [2.24, 2.45) is 0 Å². The molecule has 1 fully saturated rings. The van der Waals surface area contributed by atoms with Crippen molar-refractivity contribution in [3.63, 3.8) is 0 Å². The maximum atomic E-state index is 12.7. The van der Waals surface area contributed by atoms with Gasteiger partial charge in [0.1, 0.15) is 18.4 Å². The number of halogens is 1. The first-order valence-corrected chi connectivity index (χ1v) is 11.5. The molecule has 0 saturated carbocycles. The number of fused-ring (bicyclic) bond motifs is 1. The molecule has 3 amide bonds. The van der Waals surface area contributed by atoms with Gasteiger partial charge in [0, 0.05) is 39.1 Å². The fourth-order valence-electron chi connectivity index (χ4n) is 4.01. The van der Waals surface area contributed by atoms with Gasteiger partial charge in [-0.25, -0.2) is 0 Å². The van der Waals surface area contributed by atoms with Crippen molar-refractivity contribution >= 4 is 35.0 Å². The molecule has 0 aliphatic carbocycles. The Morgan fingerprint density at radius 1 is 1.03 bits per heavy atom. The van der Waals surface area contributed by atoms with E-state index in [-0.39, 0.29) is 30.6 Å². The molecule has 4 rings (SSSR count). The summed E-state index contributed by atoms with van der Waals surface area (Å²) in [5.41, 5.74) is 0.915. The van der Waals surface area contributed by atoms with Crippen LogP contribution in [0.4, 0.5) is 5.69 Å². The van der Waals surface area contributed by atoms with Crippen molar-refractivity contribution in [3.8, 4) is 5.75 Å². The number of carbonyl (C=O) groups is 3. The molecule has 1 atom stereocenters. The van der Waals surface area contributed by atoms with Crippen LogP contribution in [0, 0.1) is 0 Å². The molecule has 0 radical (unpaired) electrons. The van der Waals surface area contributed by atoms with E-state index < -0.39 is 6.04 Å². The smallest absolute Gasteiger partial charge is 0.254 e. The van der Waals surface area contributed by atoms with Gasteiger partial charge in [0.15, 0.2) is 0 Å². The summed E-state index contributed by atoms with van der Waals surface area (Å²) < 4.78 is 5.75. The van der Waals surface area contributed by atoms with E-state index in [0.29, 0.717) is 41.7 Å². The zero-order chi connectivity index (χ0) is 23.2. The van der Waals surface area contributed by atoms with Crippen molar-refractivity contribution in [2.45, 2.75) is 18.9 Å². The first kappa shape index (κ1) is 23.1. The summed E-state index contributed by atoms with van der Waals surface area (Å²) in [5.74, 6) is 0.0509. The Balaban J connectivity index is 1.19. The molecule has 0 bridgehead atoms. The quantitative estimate of drug-likeness (QED) is 0.648. The van der Waals surface area contributed by atoms with Gasteiger partial charge < -0.3 is 20.3 Å². The lowest BCUT2D eigenvalue weighted by Gasteiger charge is -2.34. The van der Waals surface area contributed by atoms with Crippen LogP contribution in [0.1, 0.15) is 23.2 Å². The van der Waals surface area contributed by atoms with E-state index in [1.54, 1.807) is 30.3 Å². The van der Waals surface area contributed by atoms with E-state index in [4.69, 9.17) is 16.3 Å². The maximum absolute atomic E-state index is 12.7. The Morgan fingerprint density at radius 2 is 1.76 bits per heavy atom. The zero-order valence-electron chi connectivity index (χ0n) is 18.3. The van der Waals surface area contributed by atoms with Gasteiger partial charge in [0.2, 0.25) is 11.8 Å². The topological polar surface area (TPSA) is 91.0 Å². The number of para-hydroxylation sites is 2. The number of nitrogens with zero attached hydrogens (tertiary/aromatic N) is 2. The average molecular weight is 471 g/mol. The molecular formula is C24H27ClN4O4. The second-order valence-corrected chi connectivity index (χ2v) is 8.51. The molecule has 174 valence electrons. The number of nitrogens with one attached hydrogen (secondary N) is 2. The highest BCUT2D eigenvalue weighted by atomic mass is 35.5. The average Bonchev–Trinajstić information content (AvgIpc) is 2.95. The monoisotopic (exact) mass is 470 g/mol. The zero-order valence-corrected chi connectivity index (χ0v) is 19.0. The molecular weight excluding hydrogens is 444 g/mol. The highest BCUT2D eigenvalue weighted by molar-refractivity contribution is 6.32. The van der Waals surface area contributed by atoms with Gasteiger partial charge in [0.05, 0.1) is 16.3 Å². The third kappa shape index (κ3) is 5.83. The Hall–Kier alpha value is -3.10. The van der Waals surface area contributed by atoms with Crippen LogP contribution in [0.3, 0.4) is 0 Å². The molecule has 0 aromatic heterocycles. The highest BCUT2D eigenvalue weighted by Crippen LogP contribution is 2.23. The fourth-order valence-corrected chi connectivity index (χ4v) is 4.20.